The number of halogens is 1. The molecule has 0 N–H and O–H groups in total. The lowest BCUT2D eigenvalue weighted by Gasteiger charge is -2.09. The zero-order chi connectivity index (χ0) is 10.8. The lowest BCUT2D eigenvalue weighted by molar-refractivity contribution is 0.621. The molecule has 0 unspecified atom stereocenters. The first kappa shape index (κ1) is 10.2. The molecule has 0 spiro atoms. The van der Waals surface area contributed by atoms with Crippen LogP contribution >= 0.6 is 0 Å². The summed E-state index contributed by atoms with van der Waals surface area (Å²) in [6.07, 6.45) is 2.11. The minimum atomic E-state index is -0.106. The maximum absolute atomic E-state index is 13.5. The number of fused-ring (bicyclic) bond motifs is 1. The molecule has 0 bridgehead atoms. The van der Waals surface area contributed by atoms with Crippen molar-refractivity contribution < 1.29 is 4.39 Å². The summed E-state index contributed by atoms with van der Waals surface area (Å²) in [5.41, 5.74) is 2.03. The SMILES string of the molecule is CCCc1cccc2ccc(F)c(C)c12. The molecule has 0 amide bonds. The Kier molecular flexibility index (Phi) is 2.72. The second kappa shape index (κ2) is 4.01. The summed E-state index contributed by atoms with van der Waals surface area (Å²) in [7, 11) is 0. The van der Waals surface area contributed by atoms with E-state index in [9.17, 15) is 4.39 Å². The molecule has 2 aromatic carbocycles. The number of benzene rings is 2. The number of rotatable bonds is 2. The van der Waals surface area contributed by atoms with E-state index in [1.54, 1.807) is 6.07 Å². The molecular weight excluding hydrogens is 187 g/mol. The Bertz CT molecular complexity index is 486. The summed E-state index contributed by atoms with van der Waals surface area (Å²) in [6.45, 7) is 4.00. The van der Waals surface area contributed by atoms with Crippen LogP contribution < -0.4 is 0 Å². The second-order valence-corrected chi connectivity index (χ2v) is 3.94. The second-order valence-electron chi connectivity index (χ2n) is 3.94. The maximum atomic E-state index is 13.5. The highest BCUT2D eigenvalue weighted by atomic mass is 19.1. The van der Waals surface area contributed by atoms with Crippen LogP contribution in [0, 0.1) is 12.7 Å². The van der Waals surface area contributed by atoms with Crippen LogP contribution in [0.2, 0.25) is 0 Å². The summed E-state index contributed by atoms with van der Waals surface area (Å²) < 4.78 is 13.5. The smallest absolute Gasteiger partial charge is 0.126 e. The standard InChI is InChI=1S/C14H15F/c1-3-5-11-6-4-7-12-8-9-13(15)10(2)14(11)12/h4,6-9H,3,5H2,1-2H3. The zero-order valence-corrected chi connectivity index (χ0v) is 9.18. The van der Waals surface area contributed by atoms with Crippen molar-refractivity contribution in [2.45, 2.75) is 26.7 Å². The van der Waals surface area contributed by atoms with E-state index in [4.69, 9.17) is 0 Å². The number of hydrogen-bond donors (Lipinski definition) is 0. The summed E-state index contributed by atoms with van der Waals surface area (Å²) in [4.78, 5) is 0. The minimum Gasteiger partial charge on any atom is -0.207 e. The Labute approximate surface area is 89.7 Å². The Morgan fingerprint density at radius 2 is 1.93 bits per heavy atom. The van der Waals surface area contributed by atoms with Crippen molar-refractivity contribution in [2.24, 2.45) is 0 Å². The fourth-order valence-corrected chi connectivity index (χ4v) is 2.10. The number of aryl methyl sites for hydroxylation is 2. The third-order valence-electron chi connectivity index (χ3n) is 2.84. The fourth-order valence-electron chi connectivity index (χ4n) is 2.10. The third-order valence-corrected chi connectivity index (χ3v) is 2.84. The van der Waals surface area contributed by atoms with Gasteiger partial charge in [-0.1, -0.05) is 37.6 Å². The lowest BCUT2D eigenvalue weighted by atomic mass is 9.97. The topological polar surface area (TPSA) is 0 Å². The highest BCUT2D eigenvalue weighted by Gasteiger charge is 2.06. The molecular formula is C14H15F. The summed E-state index contributed by atoms with van der Waals surface area (Å²) in [6, 6.07) is 9.59. The Hall–Kier alpha value is -1.37. The first-order chi connectivity index (χ1) is 7.24. The molecule has 0 aliphatic rings. The van der Waals surface area contributed by atoms with E-state index < -0.39 is 0 Å². The molecule has 2 aromatic rings. The van der Waals surface area contributed by atoms with Crippen LogP contribution in [0.1, 0.15) is 24.5 Å². The van der Waals surface area contributed by atoms with Gasteiger partial charge in [-0.25, -0.2) is 4.39 Å². The van der Waals surface area contributed by atoms with Gasteiger partial charge in [-0.3, -0.25) is 0 Å². The molecule has 0 radical (unpaired) electrons. The van der Waals surface area contributed by atoms with E-state index in [1.165, 1.54) is 5.56 Å². The monoisotopic (exact) mass is 202 g/mol. The summed E-state index contributed by atoms with van der Waals surface area (Å²) in [5, 5.41) is 2.24. The van der Waals surface area contributed by atoms with Gasteiger partial charge < -0.3 is 0 Å². The fraction of sp³-hybridized carbons (Fsp3) is 0.286. The first-order valence-electron chi connectivity index (χ1n) is 5.40. The van der Waals surface area contributed by atoms with Gasteiger partial charge in [0.05, 0.1) is 0 Å². The van der Waals surface area contributed by atoms with Crippen LogP contribution in [0.5, 0.6) is 0 Å². The zero-order valence-electron chi connectivity index (χ0n) is 9.18. The van der Waals surface area contributed by atoms with Gasteiger partial charge in [-0.05, 0) is 41.3 Å². The van der Waals surface area contributed by atoms with Crippen molar-refractivity contribution in [1.29, 1.82) is 0 Å². The van der Waals surface area contributed by atoms with E-state index in [1.807, 2.05) is 25.1 Å². The summed E-state index contributed by atoms with van der Waals surface area (Å²) in [5.74, 6) is -0.106. The van der Waals surface area contributed by atoms with Crippen molar-refractivity contribution in [3.63, 3.8) is 0 Å². The van der Waals surface area contributed by atoms with Crippen LogP contribution in [-0.4, -0.2) is 0 Å². The molecule has 2 rings (SSSR count). The highest BCUT2D eigenvalue weighted by Crippen LogP contribution is 2.25. The molecule has 0 saturated carbocycles. The largest absolute Gasteiger partial charge is 0.207 e. The van der Waals surface area contributed by atoms with E-state index >= 15 is 0 Å². The van der Waals surface area contributed by atoms with Gasteiger partial charge in [-0.2, -0.15) is 0 Å². The third kappa shape index (κ3) is 1.74. The van der Waals surface area contributed by atoms with Gasteiger partial charge in [0.1, 0.15) is 5.82 Å². The van der Waals surface area contributed by atoms with Crippen LogP contribution in [0.3, 0.4) is 0 Å². The van der Waals surface area contributed by atoms with Gasteiger partial charge in [0.25, 0.3) is 0 Å². The molecule has 0 fully saturated rings. The van der Waals surface area contributed by atoms with Crippen LogP contribution in [-0.2, 0) is 6.42 Å². The maximum Gasteiger partial charge on any atom is 0.126 e. The average molecular weight is 202 g/mol. The van der Waals surface area contributed by atoms with Crippen molar-refractivity contribution in [2.75, 3.05) is 0 Å². The van der Waals surface area contributed by atoms with Crippen LogP contribution in [0.25, 0.3) is 10.8 Å². The molecule has 0 saturated heterocycles. The highest BCUT2D eigenvalue weighted by molar-refractivity contribution is 5.88. The predicted molar refractivity (Wildman–Crippen MR) is 62.6 cm³/mol. The molecule has 0 nitrogen and oxygen atoms in total. The van der Waals surface area contributed by atoms with Crippen molar-refractivity contribution in [3.05, 3.63) is 47.3 Å². The van der Waals surface area contributed by atoms with Crippen molar-refractivity contribution in [1.82, 2.24) is 0 Å². The van der Waals surface area contributed by atoms with E-state index in [2.05, 4.69) is 13.0 Å². The molecule has 1 heteroatoms. The predicted octanol–water partition coefficient (Wildman–Crippen LogP) is 4.24. The first-order valence-corrected chi connectivity index (χ1v) is 5.40. The number of hydrogen-bond acceptors (Lipinski definition) is 0. The van der Waals surface area contributed by atoms with Gasteiger partial charge in [0.2, 0.25) is 0 Å². The molecule has 0 heterocycles. The molecule has 78 valence electrons. The minimum absolute atomic E-state index is 0.106. The Morgan fingerprint density at radius 3 is 2.67 bits per heavy atom. The Morgan fingerprint density at radius 1 is 1.13 bits per heavy atom. The molecule has 0 atom stereocenters. The lowest BCUT2D eigenvalue weighted by Crippen LogP contribution is -1.91. The molecule has 0 aliphatic heterocycles. The van der Waals surface area contributed by atoms with E-state index in [0.29, 0.717) is 0 Å². The van der Waals surface area contributed by atoms with Gasteiger partial charge in [0, 0.05) is 0 Å². The Balaban J connectivity index is 2.76. The molecule has 15 heavy (non-hydrogen) atoms. The van der Waals surface area contributed by atoms with Crippen molar-refractivity contribution >= 4 is 10.8 Å². The quantitative estimate of drug-likeness (QED) is 0.683. The average Bonchev–Trinajstić information content (AvgIpc) is 2.24. The summed E-state index contributed by atoms with van der Waals surface area (Å²) >= 11 is 0. The van der Waals surface area contributed by atoms with E-state index in [-0.39, 0.29) is 5.82 Å². The van der Waals surface area contributed by atoms with Gasteiger partial charge in [0.15, 0.2) is 0 Å². The van der Waals surface area contributed by atoms with Crippen LogP contribution in [0.4, 0.5) is 4.39 Å². The van der Waals surface area contributed by atoms with Gasteiger partial charge >= 0.3 is 0 Å². The van der Waals surface area contributed by atoms with E-state index in [0.717, 1.165) is 29.2 Å². The van der Waals surface area contributed by atoms with Gasteiger partial charge in [-0.15, -0.1) is 0 Å². The molecule has 0 aromatic heterocycles. The van der Waals surface area contributed by atoms with Crippen molar-refractivity contribution in [3.8, 4) is 0 Å². The van der Waals surface area contributed by atoms with Crippen LogP contribution in [0.15, 0.2) is 30.3 Å². The normalized spacial score (nSPS) is 10.9. The molecule has 0 aliphatic carbocycles.